The molecular formula is C68H131NO18. The summed E-state index contributed by atoms with van der Waals surface area (Å²) in [6, 6.07) is -0.877. The van der Waals surface area contributed by atoms with Crippen molar-refractivity contribution in [3.05, 3.63) is 0 Å². The molecule has 0 bridgehead atoms. The van der Waals surface area contributed by atoms with E-state index in [1.165, 1.54) is 225 Å². The van der Waals surface area contributed by atoms with E-state index in [1.807, 2.05) is 6.92 Å². The number of aliphatic hydroxyl groups is 11. The molecule has 3 aliphatic rings. The molecule has 19 heteroatoms. The molecule has 0 aromatic heterocycles. The Balaban J connectivity index is 1.17. The summed E-state index contributed by atoms with van der Waals surface area (Å²) in [5.74, 6) is -0.248. The summed E-state index contributed by atoms with van der Waals surface area (Å²) in [6.07, 6.45) is 29.6. The Hall–Kier alpha value is -1.21. The molecule has 3 aliphatic heterocycles. The first-order valence-electron chi connectivity index (χ1n) is 35.8. The zero-order chi connectivity index (χ0) is 63.3. The third-order valence-corrected chi connectivity index (χ3v) is 18.4. The highest BCUT2D eigenvalue weighted by molar-refractivity contribution is 5.76. The summed E-state index contributed by atoms with van der Waals surface area (Å²) in [6.45, 7) is 1.64. The SMILES string of the molecule is CCCCCCCCCCCCCCCCCCCCCCCCCCCCCCCCCCCCCCCCCC(=O)NC(COC1OC(CO)C(OC2OC(CO)C(OC3OC(CO)C(O)C(O)C3O)C(O)C2O)C(O)C1O)C(O)CCCCC. The molecule has 516 valence electrons. The van der Waals surface area contributed by atoms with Crippen LogP contribution in [0.2, 0.25) is 0 Å². The lowest BCUT2D eigenvalue weighted by molar-refractivity contribution is -0.379. The van der Waals surface area contributed by atoms with Crippen LogP contribution in [-0.4, -0.2) is 193 Å². The van der Waals surface area contributed by atoms with Gasteiger partial charge in [0.05, 0.1) is 38.6 Å². The van der Waals surface area contributed by atoms with Crippen LogP contribution in [0.5, 0.6) is 0 Å². The molecule has 1 amide bonds. The second kappa shape index (κ2) is 51.2. The Bertz CT molecular complexity index is 1590. The molecular weight excluding hydrogens is 1120 g/mol. The van der Waals surface area contributed by atoms with Gasteiger partial charge in [0.1, 0.15) is 73.2 Å². The zero-order valence-corrected chi connectivity index (χ0v) is 54.5. The van der Waals surface area contributed by atoms with Crippen molar-refractivity contribution in [2.45, 2.75) is 401 Å². The molecule has 3 rings (SSSR count). The molecule has 17 atom stereocenters. The molecule has 19 nitrogen and oxygen atoms in total. The topological polar surface area (TPSA) is 307 Å². The van der Waals surface area contributed by atoms with Gasteiger partial charge in [-0.15, -0.1) is 0 Å². The Labute approximate surface area is 525 Å². The van der Waals surface area contributed by atoms with E-state index in [2.05, 4.69) is 12.2 Å². The van der Waals surface area contributed by atoms with Crippen LogP contribution < -0.4 is 5.32 Å². The summed E-state index contributed by atoms with van der Waals surface area (Å²) in [5, 5.41) is 119. The van der Waals surface area contributed by atoms with E-state index in [4.69, 9.17) is 28.4 Å². The predicted octanol–water partition coefficient (Wildman–Crippen LogP) is 9.50. The molecule has 3 saturated heterocycles. The lowest BCUT2D eigenvalue weighted by Gasteiger charge is -2.48. The van der Waals surface area contributed by atoms with Gasteiger partial charge in [-0.25, -0.2) is 0 Å². The highest BCUT2D eigenvalue weighted by Crippen LogP contribution is 2.33. The summed E-state index contributed by atoms with van der Waals surface area (Å²) < 4.78 is 34.1. The lowest BCUT2D eigenvalue weighted by Crippen LogP contribution is -2.66. The standard InChI is InChI=1S/C68H131NO18/c1-3-5-7-8-9-10-11-12-13-14-15-16-17-18-19-20-21-22-23-24-25-26-27-28-29-30-31-32-33-34-35-36-37-38-39-40-41-42-44-46-56(74)69-51(52(73)45-43-6-4-2)50-82-66-62(80)59(77)64(54(48-71)84-66)87-68-63(81)60(78)65(55(49-72)85-68)86-67-61(79)58(76)57(75)53(47-70)83-67/h51-55,57-68,70-73,75-81H,3-50H2,1-2H3,(H,69,74). The number of unbranched alkanes of at least 4 members (excludes halogenated alkanes) is 40. The van der Waals surface area contributed by atoms with Crippen molar-refractivity contribution in [3.8, 4) is 0 Å². The van der Waals surface area contributed by atoms with Gasteiger partial charge in [-0.3, -0.25) is 4.79 Å². The maximum atomic E-state index is 13.2. The molecule has 3 heterocycles. The molecule has 0 spiro atoms. The van der Waals surface area contributed by atoms with Gasteiger partial charge in [-0.1, -0.05) is 277 Å². The zero-order valence-electron chi connectivity index (χ0n) is 54.5. The van der Waals surface area contributed by atoms with Gasteiger partial charge in [0.25, 0.3) is 0 Å². The largest absolute Gasteiger partial charge is 0.394 e. The monoisotopic (exact) mass is 1250 g/mol. The van der Waals surface area contributed by atoms with E-state index < -0.39 is 124 Å². The molecule has 0 saturated carbocycles. The quantitative estimate of drug-likeness (QED) is 0.0252. The minimum Gasteiger partial charge on any atom is -0.394 e. The molecule has 0 radical (unpaired) electrons. The predicted molar refractivity (Wildman–Crippen MR) is 337 cm³/mol. The van der Waals surface area contributed by atoms with Crippen LogP contribution in [0, 0.1) is 0 Å². The van der Waals surface area contributed by atoms with Crippen molar-refractivity contribution in [1.29, 1.82) is 0 Å². The van der Waals surface area contributed by atoms with E-state index in [0.717, 1.165) is 32.1 Å². The molecule has 12 N–H and O–H groups in total. The van der Waals surface area contributed by atoms with Crippen molar-refractivity contribution in [3.63, 3.8) is 0 Å². The number of hydrogen-bond donors (Lipinski definition) is 12. The summed E-state index contributed by atoms with van der Waals surface area (Å²) in [7, 11) is 0. The normalized spacial score (nSPS) is 28.5. The van der Waals surface area contributed by atoms with Gasteiger partial charge < -0.3 is 89.9 Å². The van der Waals surface area contributed by atoms with E-state index in [0.29, 0.717) is 19.3 Å². The second-order valence-corrected chi connectivity index (χ2v) is 26.1. The van der Waals surface area contributed by atoms with Crippen LogP contribution in [0.25, 0.3) is 0 Å². The average Bonchev–Trinajstić information content (AvgIpc) is 1.25. The fraction of sp³-hybridized carbons (Fsp3) is 0.985. The average molecular weight is 1250 g/mol. The minimum absolute atomic E-state index is 0.248. The van der Waals surface area contributed by atoms with Gasteiger partial charge in [0.2, 0.25) is 5.91 Å². The first-order chi connectivity index (χ1) is 42.3. The first-order valence-corrected chi connectivity index (χ1v) is 35.8. The number of nitrogens with one attached hydrogen (secondary N) is 1. The third-order valence-electron chi connectivity index (χ3n) is 18.4. The van der Waals surface area contributed by atoms with Crippen molar-refractivity contribution < 1.29 is 89.4 Å². The highest BCUT2D eigenvalue weighted by atomic mass is 16.8. The maximum absolute atomic E-state index is 13.2. The Morgan fingerprint density at radius 1 is 0.368 bits per heavy atom. The number of aliphatic hydroxyl groups excluding tert-OH is 11. The number of amides is 1. The van der Waals surface area contributed by atoms with E-state index >= 15 is 0 Å². The van der Waals surface area contributed by atoms with E-state index in [1.54, 1.807) is 0 Å². The smallest absolute Gasteiger partial charge is 0.220 e. The van der Waals surface area contributed by atoms with Crippen LogP contribution >= 0.6 is 0 Å². The first kappa shape index (κ1) is 80.0. The fourth-order valence-electron chi connectivity index (χ4n) is 12.6. The Kier molecular flexibility index (Phi) is 47.1. The van der Waals surface area contributed by atoms with Crippen LogP contribution in [0.1, 0.15) is 296 Å². The fourth-order valence-corrected chi connectivity index (χ4v) is 12.6. The van der Waals surface area contributed by atoms with Crippen molar-refractivity contribution in [2.24, 2.45) is 0 Å². The lowest BCUT2D eigenvalue weighted by atomic mass is 9.96. The molecule has 0 aliphatic carbocycles. The number of carbonyl (C=O) groups excluding carboxylic acids is 1. The number of rotatable bonds is 56. The Morgan fingerprint density at radius 2 is 0.655 bits per heavy atom. The van der Waals surface area contributed by atoms with Crippen LogP contribution in [0.15, 0.2) is 0 Å². The summed E-state index contributed by atoms with van der Waals surface area (Å²) in [5.41, 5.74) is 0. The minimum atomic E-state index is -1.97. The summed E-state index contributed by atoms with van der Waals surface area (Å²) in [4.78, 5) is 13.2. The number of hydrogen-bond acceptors (Lipinski definition) is 18. The van der Waals surface area contributed by atoms with E-state index in [-0.39, 0.29) is 18.9 Å². The number of ether oxygens (including phenoxy) is 6. The van der Waals surface area contributed by atoms with Crippen molar-refractivity contribution >= 4 is 5.91 Å². The second-order valence-electron chi connectivity index (χ2n) is 26.1. The molecule has 0 aromatic carbocycles. The third kappa shape index (κ3) is 33.5. The van der Waals surface area contributed by atoms with Crippen LogP contribution in [0.4, 0.5) is 0 Å². The van der Waals surface area contributed by atoms with E-state index in [9.17, 15) is 61.0 Å². The van der Waals surface area contributed by atoms with Gasteiger partial charge >= 0.3 is 0 Å². The Morgan fingerprint density at radius 3 is 1.00 bits per heavy atom. The van der Waals surface area contributed by atoms with Gasteiger partial charge in [0, 0.05) is 6.42 Å². The summed E-state index contributed by atoms with van der Waals surface area (Å²) >= 11 is 0. The molecule has 17 unspecified atom stereocenters. The van der Waals surface area contributed by atoms with Crippen molar-refractivity contribution in [2.75, 3.05) is 26.4 Å². The van der Waals surface area contributed by atoms with Gasteiger partial charge in [-0.05, 0) is 12.8 Å². The van der Waals surface area contributed by atoms with Gasteiger partial charge in [0.15, 0.2) is 18.9 Å². The van der Waals surface area contributed by atoms with Crippen LogP contribution in [0.3, 0.4) is 0 Å². The molecule has 0 aromatic rings. The van der Waals surface area contributed by atoms with Crippen molar-refractivity contribution in [1.82, 2.24) is 5.32 Å². The molecule has 3 fully saturated rings. The highest BCUT2D eigenvalue weighted by Gasteiger charge is 2.53. The van der Waals surface area contributed by atoms with Crippen LogP contribution in [-0.2, 0) is 33.2 Å². The number of carbonyl (C=O) groups is 1. The van der Waals surface area contributed by atoms with Gasteiger partial charge in [-0.2, -0.15) is 0 Å². The maximum Gasteiger partial charge on any atom is 0.220 e. The molecule has 87 heavy (non-hydrogen) atoms.